The van der Waals surface area contributed by atoms with Gasteiger partial charge < -0.3 is 10.1 Å². The number of nitrogens with one attached hydrogen (secondary N) is 2. The van der Waals surface area contributed by atoms with E-state index in [2.05, 4.69) is 10.6 Å². The fraction of sp³-hybridized carbons (Fsp3) is 0.250. The van der Waals surface area contributed by atoms with Gasteiger partial charge in [0.1, 0.15) is 11.4 Å². The molecule has 2 amide bonds. The molecular formula is C20H20FN3O3. The van der Waals surface area contributed by atoms with E-state index >= 15 is 0 Å². The van der Waals surface area contributed by atoms with Crippen molar-refractivity contribution in [3.8, 4) is 6.07 Å². The maximum absolute atomic E-state index is 14.0. The molecule has 140 valence electrons. The molecule has 0 spiro atoms. The predicted octanol–water partition coefficient (Wildman–Crippen LogP) is 4.49. The maximum atomic E-state index is 14.0. The average Bonchev–Trinajstić information content (AvgIpc) is 2.55. The highest BCUT2D eigenvalue weighted by molar-refractivity contribution is 6.05. The molecule has 0 saturated carbocycles. The van der Waals surface area contributed by atoms with Crippen molar-refractivity contribution in [2.75, 3.05) is 10.6 Å². The molecule has 2 rings (SSSR count). The number of carbonyl (C=O) groups is 2. The number of carbonyl (C=O) groups excluding carboxylic acids is 2. The second-order valence-electron chi connectivity index (χ2n) is 6.81. The molecule has 0 saturated heterocycles. The van der Waals surface area contributed by atoms with Crippen molar-refractivity contribution in [2.45, 2.75) is 32.8 Å². The molecule has 0 bridgehead atoms. The van der Waals surface area contributed by atoms with Gasteiger partial charge in [-0.25, -0.2) is 9.18 Å². The molecule has 0 heterocycles. The molecule has 0 radical (unpaired) electrons. The van der Waals surface area contributed by atoms with E-state index in [9.17, 15) is 14.0 Å². The van der Waals surface area contributed by atoms with Crippen LogP contribution in [0.2, 0.25) is 0 Å². The summed E-state index contributed by atoms with van der Waals surface area (Å²) in [5.41, 5.74) is 0.549. The summed E-state index contributed by atoms with van der Waals surface area (Å²) in [6.07, 6.45) is -0.590. The Kier molecular flexibility index (Phi) is 6.14. The fourth-order valence-electron chi connectivity index (χ4n) is 2.23. The van der Waals surface area contributed by atoms with Crippen molar-refractivity contribution in [3.63, 3.8) is 0 Å². The molecule has 0 fully saturated rings. The Morgan fingerprint density at radius 1 is 1.15 bits per heavy atom. The van der Waals surface area contributed by atoms with E-state index in [1.165, 1.54) is 12.1 Å². The summed E-state index contributed by atoms with van der Waals surface area (Å²) in [5, 5.41) is 13.7. The summed E-state index contributed by atoms with van der Waals surface area (Å²) >= 11 is 0. The number of nitrogens with zero attached hydrogens (tertiary/aromatic N) is 1. The zero-order valence-electron chi connectivity index (χ0n) is 15.3. The SMILES string of the molecule is CC(C)(C)OC(=O)Nc1cc(C(=O)Nc2cccc(CC#N)c2)ccc1F. The average molecular weight is 369 g/mol. The number of nitriles is 1. The monoisotopic (exact) mass is 369 g/mol. The summed E-state index contributed by atoms with van der Waals surface area (Å²) in [6, 6.07) is 12.5. The molecule has 27 heavy (non-hydrogen) atoms. The number of halogens is 1. The van der Waals surface area contributed by atoms with Crippen molar-refractivity contribution < 1.29 is 18.7 Å². The van der Waals surface area contributed by atoms with Crippen LogP contribution in [-0.4, -0.2) is 17.6 Å². The van der Waals surface area contributed by atoms with E-state index in [0.29, 0.717) is 5.69 Å². The molecule has 0 unspecified atom stereocenters. The van der Waals surface area contributed by atoms with Gasteiger partial charge in [-0.05, 0) is 56.7 Å². The zero-order chi connectivity index (χ0) is 20.0. The number of anilines is 2. The number of amides is 2. The van der Waals surface area contributed by atoms with Crippen LogP contribution in [0.5, 0.6) is 0 Å². The number of rotatable bonds is 4. The van der Waals surface area contributed by atoms with Gasteiger partial charge in [0.15, 0.2) is 0 Å². The third-order valence-electron chi connectivity index (χ3n) is 3.33. The van der Waals surface area contributed by atoms with Crippen LogP contribution in [0.25, 0.3) is 0 Å². The van der Waals surface area contributed by atoms with Crippen LogP contribution >= 0.6 is 0 Å². The third kappa shape index (κ3) is 6.12. The van der Waals surface area contributed by atoms with Gasteiger partial charge in [0, 0.05) is 11.3 Å². The highest BCUT2D eigenvalue weighted by Crippen LogP contribution is 2.19. The minimum absolute atomic E-state index is 0.157. The van der Waals surface area contributed by atoms with Gasteiger partial charge in [-0.3, -0.25) is 10.1 Å². The van der Waals surface area contributed by atoms with Gasteiger partial charge in [-0.15, -0.1) is 0 Å². The van der Waals surface area contributed by atoms with E-state index in [-0.39, 0.29) is 17.7 Å². The van der Waals surface area contributed by atoms with Crippen LogP contribution in [0.15, 0.2) is 42.5 Å². The molecule has 2 aromatic carbocycles. The molecule has 0 aliphatic carbocycles. The normalized spacial score (nSPS) is 10.6. The minimum Gasteiger partial charge on any atom is -0.444 e. The van der Waals surface area contributed by atoms with E-state index in [1.807, 2.05) is 6.07 Å². The first kappa shape index (κ1) is 19.9. The lowest BCUT2D eigenvalue weighted by atomic mass is 10.1. The summed E-state index contributed by atoms with van der Waals surface area (Å²) in [6.45, 7) is 5.06. The van der Waals surface area contributed by atoms with E-state index in [1.54, 1.807) is 45.0 Å². The molecule has 6 nitrogen and oxygen atoms in total. The van der Waals surface area contributed by atoms with Gasteiger partial charge in [-0.2, -0.15) is 5.26 Å². The quantitative estimate of drug-likeness (QED) is 0.830. The minimum atomic E-state index is -0.817. The first-order valence-electron chi connectivity index (χ1n) is 8.25. The summed E-state index contributed by atoms with van der Waals surface area (Å²) in [5.74, 6) is -1.16. The molecule has 7 heteroatoms. The Balaban J connectivity index is 2.14. The number of ether oxygens (including phenoxy) is 1. The largest absolute Gasteiger partial charge is 0.444 e. The lowest BCUT2D eigenvalue weighted by molar-refractivity contribution is 0.0635. The van der Waals surface area contributed by atoms with Gasteiger partial charge in [0.25, 0.3) is 5.91 Å². The highest BCUT2D eigenvalue weighted by Gasteiger charge is 2.18. The van der Waals surface area contributed by atoms with Crippen molar-refractivity contribution in [1.82, 2.24) is 0 Å². The van der Waals surface area contributed by atoms with Crippen LogP contribution in [0.4, 0.5) is 20.6 Å². The van der Waals surface area contributed by atoms with Crippen LogP contribution in [0.3, 0.4) is 0 Å². The van der Waals surface area contributed by atoms with Crippen LogP contribution < -0.4 is 10.6 Å². The Morgan fingerprint density at radius 3 is 2.56 bits per heavy atom. The van der Waals surface area contributed by atoms with Crippen molar-refractivity contribution in [1.29, 1.82) is 5.26 Å². The second-order valence-corrected chi connectivity index (χ2v) is 6.81. The Labute approximate surface area is 157 Å². The second kappa shape index (κ2) is 8.32. The van der Waals surface area contributed by atoms with Crippen molar-refractivity contribution in [3.05, 3.63) is 59.4 Å². The highest BCUT2D eigenvalue weighted by atomic mass is 19.1. The third-order valence-corrected chi connectivity index (χ3v) is 3.33. The summed E-state index contributed by atoms with van der Waals surface area (Å²) in [7, 11) is 0. The van der Waals surface area contributed by atoms with Crippen LogP contribution in [0.1, 0.15) is 36.7 Å². The summed E-state index contributed by atoms with van der Waals surface area (Å²) in [4.78, 5) is 24.2. The van der Waals surface area contributed by atoms with Crippen molar-refractivity contribution >= 4 is 23.4 Å². The Morgan fingerprint density at radius 2 is 1.89 bits per heavy atom. The topological polar surface area (TPSA) is 91.2 Å². The maximum Gasteiger partial charge on any atom is 0.412 e. The van der Waals surface area contributed by atoms with Crippen LogP contribution in [-0.2, 0) is 11.2 Å². The Hall–Kier alpha value is -3.40. The number of hydrogen-bond acceptors (Lipinski definition) is 4. The van der Waals surface area contributed by atoms with Gasteiger partial charge in [-0.1, -0.05) is 12.1 Å². The first-order valence-corrected chi connectivity index (χ1v) is 8.25. The molecule has 2 aromatic rings. The van der Waals surface area contributed by atoms with E-state index in [4.69, 9.17) is 10.00 Å². The molecule has 0 aliphatic heterocycles. The van der Waals surface area contributed by atoms with Gasteiger partial charge in [0.05, 0.1) is 18.2 Å². The smallest absolute Gasteiger partial charge is 0.412 e. The molecule has 0 aromatic heterocycles. The van der Waals surface area contributed by atoms with Gasteiger partial charge in [0.2, 0.25) is 0 Å². The molecule has 2 N–H and O–H groups in total. The van der Waals surface area contributed by atoms with E-state index < -0.39 is 23.4 Å². The predicted molar refractivity (Wildman–Crippen MR) is 100.0 cm³/mol. The van der Waals surface area contributed by atoms with Crippen LogP contribution in [0, 0.1) is 17.1 Å². The number of benzene rings is 2. The Bertz CT molecular complexity index is 898. The zero-order valence-corrected chi connectivity index (χ0v) is 15.3. The lowest BCUT2D eigenvalue weighted by Crippen LogP contribution is -2.27. The molecular weight excluding hydrogens is 349 g/mol. The van der Waals surface area contributed by atoms with Gasteiger partial charge >= 0.3 is 6.09 Å². The van der Waals surface area contributed by atoms with Crippen molar-refractivity contribution in [2.24, 2.45) is 0 Å². The fourth-order valence-corrected chi connectivity index (χ4v) is 2.23. The van der Waals surface area contributed by atoms with E-state index in [0.717, 1.165) is 11.6 Å². The standard InChI is InChI=1S/C20H20FN3O3/c1-20(2,3)27-19(26)24-17-12-14(7-8-16(17)21)18(25)23-15-6-4-5-13(11-15)9-10-22/h4-8,11-12H,9H2,1-3H3,(H,23,25)(H,24,26). The molecule has 0 atom stereocenters. The number of hydrogen-bond donors (Lipinski definition) is 2. The molecule has 0 aliphatic rings. The lowest BCUT2D eigenvalue weighted by Gasteiger charge is -2.20. The first-order chi connectivity index (χ1) is 12.7. The summed E-state index contributed by atoms with van der Waals surface area (Å²) < 4.78 is 19.0.